The van der Waals surface area contributed by atoms with Gasteiger partial charge in [0, 0.05) is 10.2 Å². The fourth-order valence-corrected chi connectivity index (χ4v) is 2.63. The van der Waals surface area contributed by atoms with Crippen molar-refractivity contribution in [2.24, 2.45) is 0 Å². The monoisotopic (exact) mass is 298 g/mol. The molecule has 1 unspecified atom stereocenters. The lowest BCUT2D eigenvalue weighted by Crippen LogP contribution is -1.95. The zero-order valence-electron chi connectivity index (χ0n) is 7.68. The third kappa shape index (κ3) is 4.17. The second-order valence-corrected chi connectivity index (χ2v) is 5.36. The van der Waals surface area contributed by atoms with Gasteiger partial charge in [0.25, 0.3) is 0 Å². The van der Waals surface area contributed by atoms with Gasteiger partial charge in [-0.15, -0.1) is 0 Å². The van der Waals surface area contributed by atoms with Gasteiger partial charge in [-0.3, -0.25) is 0 Å². The molecule has 0 heterocycles. The lowest BCUT2D eigenvalue weighted by atomic mass is 10.2. The fourth-order valence-electron chi connectivity index (χ4n) is 1.05. The number of benzene rings is 1. The van der Waals surface area contributed by atoms with Crippen LogP contribution in [0.4, 0.5) is 0 Å². The van der Waals surface area contributed by atoms with Crippen LogP contribution in [0.5, 0.6) is 0 Å². The Bertz CT molecular complexity index is 391. The van der Waals surface area contributed by atoms with E-state index >= 15 is 0 Å². The summed E-state index contributed by atoms with van der Waals surface area (Å²) in [5.41, 5.74) is 1.08. The Balaban J connectivity index is 2.76. The average molecular weight is 299 g/mol. The van der Waals surface area contributed by atoms with E-state index in [0.717, 1.165) is 10.0 Å². The van der Waals surface area contributed by atoms with E-state index in [2.05, 4.69) is 21.3 Å². The second-order valence-electron chi connectivity index (χ2n) is 2.65. The molecule has 1 rings (SSSR count). The summed E-state index contributed by atoms with van der Waals surface area (Å²) in [4.78, 5) is 0. The number of rotatable bonds is 4. The molecule has 1 aromatic rings. The molecule has 0 aromatic heterocycles. The molecule has 0 spiro atoms. The molecule has 0 saturated carbocycles. The van der Waals surface area contributed by atoms with Crippen LogP contribution in [0.3, 0.4) is 0 Å². The molecule has 0 bridgehead atoms. The average Bonchev–Trinajstić information content (AvgIpc) is 2.25. The maximum atomic E-state index is 8.66. The molecular weight excluding hydrogens is 292 g/mol. The molecule has 0 radical (unpaired) electrons. The predicted octanol–water partition coefficient (Wildman–Crippen LogP) is 3.92. The summed E-state index contributed by atoms with van der Waals surface area (Å²) in [6, 6.07) is 7.82. The third-order valence-corrected chi connectivity index (χ3v) is 3.93. The van der Waals surface area contributed by atoms with Crippen LogP contribution >= 0.6 is 39.5 Å². The van der Waals surface area contributed by atoms with Crippen molar-refractivity contribution in [3.63, 3.8) is 0 Å². The number of hydrogen-bond donors (Lipinski definition) is 0. The van der Waals surface area contributed by atoms with E-state index in [1.807, 2.05) is 29.7 Å². The molecule has 0 aliphatic rings. The zero-order chi connectivity index (χ0) is 11.1. The van der Waals surface area contributed by atoms with Crippen molar-refractivity contribution in [1.82, 2.24) is 0 Å². The third-order valence-electron chi connectivity index (χ3n) is 1.74. The van der Waals surface area contributed by atoms with Crippen molar-refractivity contribution < 1.29 is 0 Å². The van der Waals surface area contributed by atoms with E-state index in [9.17, 15) is 0 Å². The summed E-state index contributed by atoms with van der Waals surface area (Å²) in [6.07, 6.45) is 0. The fraction of sp³-hybridized carbons (Fsp3) is 0.200. The lowest BCUT2D eigenvalue weighted by Gasteiger charge is -2.10. The normalized spacial score (nSPS) is 11.4. The Morgan fingerprint density at radius 2 is 1.87 bits per heavy atom. The van der Waals surface area contributed by atoms with E-state index in [1.54, 1.807) is 0 Å². The standard InChI is InChI=1S/C10H7BrN2S2/c11-9-3-1-8(2-4-9)10(15-7-13)5-14-6-12/h1-4,10H,5H2. The number of nitrogens with zero attached hydrogens (tertiary/aromatic N) is 2. The number of nitriles is 2. The predicted molar refractivity (Wildman–Crippen MR) is 68.2 cm³/mol. The summed E-state index contributed by atoms with van der Waals surface area (Å²) in [5, 5.41) is 21.3. The van der Waals surface area contributed by atoms with Crippen molar-refractivity contribution in [2.75, 3.05) is 5.75 Å². The maximum Gasteiger partial charge on any atom is 0.134 e. The lowest BCUT2D eigenvalue weighted by molar-refractivity contribution is 1.12. The van der Waals surface area contributed by atoms with Gasteiger partial charge in [-0.1, -0.05) is 28.1 Å². The van der Waals surface area contributed by atoms with Gasteiger partial charge in [0.2, 0.25) is 0 Å². The first-order valence-electron chi connectivity index (χ1n) is 4.09. The van der Waals surface area contributed by atoms with Crippen LogP contribution in [-0.2, 0) is 0 Å². The first-order chi connectivity index (χ1) is 7.27. The highest BCUT2D eigenvalue weighted by Gasteiger charge is 2.12. The van der Waals surface area contributed by atoms with Gasteiger partial charge in [-0.25, -0.2) is 0 Å². The van der Waals surface area contributed by atoms with Crippen LogP contribution in [0.15, 0.2) is 28.7 Å². The number of thioether (sulfide) groups is 2. The topological polar surface area (TPSA) is 47.6 Å². The molecule has 0 fully saturated rings. The van der Waals surface area contributed by atoms with Crippen LogP contribution < -0.4 is 0 Å². The Hall–Kier alpha value is -0.620. The number of thiocyanates is 2. The molecule has 0 aliphatic heterocycles. The summed E-state index contributed by atoms with van der Waals surface area (Å²) in [5.74, 6) is 0.635. The minimum absolute atomic E-state index is 0.0627. The van der Waals surface area contributed by atoms with Crippen LogP contribution in [0, 0.1) is 21.3 Å². The molecule has 0 amide bonds. The molecule has 1 atom stereocenters. The van der Waals surface area contributed by atoms with Gasteiger partial charge >= 0.3 is 0 Å². The quantitative estimate of drug-likeness (QED) is 0.791. The molecular formula is C10H7BrN2S2. The van der Waals surface area contributed by atoms with Crippen molar-refractivity contribution in [2.45, 2.75) is 5.25 Å². The summed E-state index contributed by atoms with van der Waals surface area (Å²) in [7, 11) is 0. The smallest absolute Gasteiger partial charge is 0.134 e. The van der Waals surface area contributed by atoms with Crippen molar-refractivity contribution in [3.8, 4) is 10.8 Å². The molecule has 15 heavy (non-hydrogen) atoms. The molecule has 0 aliphatic carbocycles. The van der Waals surface area contributed by atoms with E-state index in [-0.39, 0.29) is 5.25 Å². The van der Waals surface area contributed by atoms with Crippen molar-refractivity contribution in [3.05, 3.63) is 34.3 Å². The van der Waals surface area contributed by atoms with Gasteiger partial charge in [0.1, 0.15) is 10.8 Å². The van der Waals surface area contributed by atoms with Gasteiger partial charge in [-0.05, 0) is 41.2 Å². The Morgan fingerprint density at radius 1 is 1.20 bits per heavy atom. The molecule has 0 saturated heterocycles. The molecule has 1 aromatic carbocycles. The van der Waals surface area contributed by atoms with Crippen LogP contribution in [-0.4, -0.2) is 5.75 Å². The molecule has 76 valence electrons. The SMILES string of the molecule is N#CSCC(SC#N)c1ccc(Br)cc1. The minimum Gasteiger partial charge on any atom is -0.185 e. The Morgan fingerprint density at radius 3 is 2.40 bits per heavy atom. The zero-order valence-corrected chi connectivity index (χ0v) is 10.9. The first kappa shape index (κ1) is 12.4. The highest BCUT2D eigenvalue weighted by atomic mass is 79.9. The van der Waals surface area contributed by atoms with E-state index < -0.39 is 0 Å². The largest absolute Gasteiger partial charge is 0.185 e. The van der Waals surface area contributed by atoms with E-state index in [0.29, 0.717) is 5.75 Å². The summed E-state index contributed by atoms with van der Waals surface area (Å²) < 4.78 is 1.01. The van der Waals surface area contributed by atoms with Gasteiger partial charge in [0.05, 0.1) is 5.25 Å². The Kier molecular flexibility index (Phi) is 5.63. The van der Waals surface area contributed by atoms with Gasteiger partial charge in [0.15, 0.2) is 0 Å². The van der Waals surface area contributed by atoms with Gasteiger partial charge in [-0.2, -0.15) is 10.5 Å². The van der Waals surface area contributed by atoms with E-state index in [1.165, 1.54) is 23.5 Å². The van der Waals surface area contributed by atoms with E-state index in [4.69, 9.17) is 10.5 Å². The van der Waals surface area contributed by atoms with Crippen LogP contribution in [0.25, 0.3) is 0 Å². The summed E-state index contributed by atoms with van der Waals surface area (Å²) in [6.45, 7) is 0. The maximum absolute atomic E-state index is 8.66. The first-order valence-corrected chi connectivity index (χ1v) is 6.75. The summed E-state index contributed by atoms with van der Waals surface area (Å²) >= 11 is 5.73. The van der Waals surface area contributed by atoms with Crippen molar-refractivity contribution in [1.29, 1.82) is 10.5 Å². The number of hydrogen-bond acceptors (Lipinski definition) is 4. The highest BCUT2D eigenvalue weighted by molar-refractivity contribution is 9.10. The van der Waals surface area contributed by atoms with Crippen LogP contribution in [0.1, 0.15) is 10.8 Å². The second kappa shape index (κ2) is 6.79. The number of halogens is 1. The molecule has 0 N–H and O–H groups in total. The molecule has 2 nitrogen and oxygen atoms in total. The molecule has 5 heteroatoms. The van der Waals surface area contributed by atoms with Crippen molar-refractivity contribution >= 4 is 39.5 Å². The minimum atomic E-state index is 0.0627. The highest BCUT2D eigenvalue weighted by Crippen LogP contribution is 2.31. The van der Waals surface area contributed by atoms with Gasteiger partial charge < -0.3 is 0 Å². The van der Waals surface area contributed by atoms with Crippen LogP contribution in [0.2, 0.25) is 0 Å². The Labute approximate surface area is 106 Å².